The van der Waals surface area contributed by atoms with Gasteiger partial charge in [-0.2, -0.15) is 0 Å². The molecule has 3 aromatic rings. The predicted molar refractivity (Wildman–Crippen MR) is 73.6 cm³/mol. The number of nitrogens with zero attached hydrogens (tertiary/aromatic N) is 3. The fourth-order valence-electron chi connectivity index (χ4n) is 1.90. The molecule has 0 amide bonds. The molecular formula is C14H12N4O. The van der Waals surface area contributed by atoms with Gasteiger partial charge in [0.25, 0.3) is 0 Å². The number of benzene rings is 1. The first-order valence-electron chi connectivity index (χ1n) is 5.82. The van der Waals surface area contributed by atoms with E-state index in [1.165, 1.54) is 0 Å². The fourth-order valence-corrected chi connectivity index (χ4v) is 1.90. The topological polar surface area (TPSA) is 65.8 Å². The summed E-state index contributed by atoms with van der Waals surface area (Å²) in [6, 6.07) is 10.8. The van der Waals surface area contributed by atoms with E-state index in [2.05, 4.69) is 4.98 Å². The van der Waals surface area contributed by atoms with Gasteiger partial charge in [-0.15, -0.1) is 0 Å². The number of anilines is 1. The van der Waals surface area contributed by atoms with Crippen LogP contribution in [-0.2, 0) is 0 Å². The Morgan fingerprint density at radius 3 is 2.26 bits per heavy atom. The Hall–Kier alpha value is -2.82. The lowest BCUT2D eigenvalue weighted by molar-refractivity contribution is 0.904. The molecule has 2 aromatic heterocycles. The summed E-state index contributed by atoms with van der Waals surface area (Å²) in [6.45, 7) is 0. The van der Waals surface area contributed by atoms with Gasteiger partial charge in [-0.3, -0.25) is 14.1 Å². The maximum atomic E-state index is 12.3. The highest BCUT2D eigenvalue weighted by molar-refractivity contribution is 5.45. The molecule has 0 saturated heterocycles. The summed E-state index contributed by atoms with van der Waals surface area (Å²) in [5.41, 5.74) is 7.68. The van der Waals surface area contributed by atoms with Crippen LogP contribution in [0.15, 0.2) is 66.0 Å². The van der Waals surface area contributed by atoms with Crippen LogP contribution >= 0.6 is 0 Å². The highest BCUT2D eigenvalue weighted by Gasteiger charge is 2.06. The molecular weight excluding hydrogens is 240 g/mol. The molecule has 2 heterocycles. The summed E-state index contributed by atoms with van der Waals surface area (Å²) in [5.74, 6) is 0. The average Bonchev–Trinajstić information content (AvgIpc) is 2.83. The first-order chi connectivity index (χ1) is 9.25. The van der Waals surface area contributed by atoms with E-state index in [-0.39, 0.29) is 5.69 Å². The zero-order chi connectivity index (χ0) is 13.2. The maximum absolute atomic E-state index is 12.3. The number of nitrogens with two attached hydrogens (primary N) is 1. The van der Waals surface area contributed by atoms with Crippen molar-refractivity contribution in [3.05, 3.63) is 71.7 Å². The molecule has 5 heteroatoms. The Kier molecular flexibility index (Phi) is 2.64. The van der Waals surface area contributed by atoms with Crippen molar-refractivity contribution in [2.75, 3.05) is 5.73 Å². The standard InChI is InChI=1S/C14H12N4O/c15-11-3-5-12(6-4-11)17-8-9-18(14(17)19)13-2-1-7-16-10-13/h1-10H,15H2. The summed E-state index contributed by atoms with van der Waals surface area (Å²) in [7, 11) is 0. The van der Waals surface area contributed by atoms with Crippen LogP contribution in [0.4, 0.5) is 5.69 Å². The van der Waals surface area contributed by atoms with Crippen molar-refractivity contribution in [2.45, 2.75) is 0 Å². The van der Waals surface area contributed by atoms with Gasteiger partial charge in [-0.05, 0) is 36.4 Å². The van der Waals surface area contributed by atoms with Crippen LogP contribution in [0.5, 0.6) is 0 Å². The first-order valence-corrected chi connectivity index (χ1v) is 5.82. The average molecular weight is 252 g/mol. The summed E-state index contributed by atoms with van der Waals surface area (Å²) in [6.07, 6.45) is 6.76. The largest absolute Gasteiger partial charge is 0.399 e. The molecule has 1 aromatic carbocycles. The minimum atomic E-state index is -0.141. The number of nitrogen functional groups attached to an aromatic ring is 1. The second-order valence-electron chi connectivity index (χ2n) is 4.12. The van der Waals surface area contributed by atoms with Gasteiger partial charge in [0, 0.05) is 24.3 Å². The number of hydrogen-bond acceptors (Lipinski definition) is 3. The molecule has 2 N–H and O–H groups in total. The second-order valence-corrected chi connectivity index (χ2v) is 4.12. The van der Waals surface area contributed by atoms with Crippen LogP contribution in [0.3, 0.4) is 0 Å². The van der Waals surface area contributed by atoms with Gasteiger partial charge in [0.1, 0.15) is 0 Å². The molecule has 0 unspecified atom stereocenters. The number of rotatable bonds is 2. The lowest BCUT2D eigenvalue weighted by Gasteiger charge is -2.02. The molecule has 94 valence electrons. The Morgan fingerprint density at radius 2 is 1.63 bits per heavy atom. The van der Waals surface area contributed by atoms with Gasteiger partial charge in [0.05, 0.1) is 17.6 Å². The molecule has 19 heavy (non-hydrogen) atoms. The lowest BCUT2D eigenvalue weighted by Crippen LogP contribution is -2.21. The van der Waals surface area contributed by atoms with Crippen LogP contribution in [0.1, 0.15) is 0 Å². The van der Waals surface area contributed by atoms with Crippen LogP contribution in [0, 0.1) is 0 Å². The van der Waals surface area contributed by atoms with Crippen molar-refractivity contribution in [3.63, 3.8) is 0 Å². The quantitative estimate of drug-likeness (QED) is 0.704. The van der Waals surface area contributed by atoms with E-state index in [9.17, 15) is 4.79 Å². The van der Waals surface area contributed by atoms with E-state index < -0.39 is 0 Å². The van der Waals surface area contributed by atoms with E-state index in [1.807, 2.05) is 18.2 Å². The summed E-state index contributed by atoms with van der Waals surface area (Å²) in [5, 5.41) is 0. The minimum absolute atomic E-state index is 0.141. The molecule has 0 aliphatic heterocycles. The summed E-state index contributed by atoms with van der Waals surface area (Å²) in [4.78, 5) is 16.3. The highest BCUT2D eigenvalue weighted by atomic mass is 16.1. The van der Waals surface area contributed by atoms with Crippen LogP contribution in [-0.4, -0.2) is 14.1 Å². The number of hydrogen-bond donors (Lipinski definition) is 1. The third-order valence-electron chi connectivity index (χ3n) is 2.87. The van der Waals surface area contributed by atoms with Gasteiger partial charge < -0.3 is 5.73 Å². The van der Waals surface area contributed by atoms with Gasteiger partial charge in [0.15, 0.2) is 0 Å². The Balaban J connectivity index is 2.09. The van der Waals surface area contributed by atoms with Crippen molar-refractivity contribution >= 4 is 5.69 Å². The van der Waals surface area contributed by atoms with Gasteiger partial charge in [0.2, 0.25) is 0 Å². The molecule has 0 aliphatic rings. The number of imidazole rings is 1. The zero-order valence-electron chi connectivity index (χ0n) is 10.1. The molecule has 0 bridgehead atoms. The molecule has 0 atom stereocenters. The summed E-state index contributed by atoms with van der Waals surface area (Å²) >= 11 is 0. The SMILES string of the molecule is Nc1ccc(-n2ccn(-c3cccnc3)c2=O)cc1. The smallest absolute Gasteiger partial charge is 0.337 e. The molecule has 0 aliphatic carbocycles. The van der Waals surface area contributed by atoms with Gasteiger partial charge in [-0.1, -0.05) is 0 Å². The molecule has 0 spiro atoms. The third kappa shape index (κ3) is 2.01. The summed E-state index contributed by atoms with van der Waals surface area (Å²) < 4.78 is 3.11. The normalized spacial score (nSPS) is 10.5. The lowest BCUT2D eigenvalue weighted by atomic mass is 10.3. The van der Waals surface area contributed by atoms with Crippen molar-refractivity contribution in [1.29, 1.82) is 0 Å². The van der Waals surface area contributed by atoms with Crippen LogP contribution in [0.25, 0.3) is 11.4 Å². The molecule has 0 fully saturated rings. The van der Waals surface area contributed by atoms with Crippen molar-refractivity contribution in [1.82, 2.24) is 14.1 Å². The van der Waals surface area contributed by atoms with Crippen molar-refractivity contribution in [3.8, 4) is 11.4 Å². The van der Waals surface area contributed by atoms with Crippen molar-refractivity contribution in [2.24, 2.45) is 0 Å². The molecule has 5 nitrogen and oxygen atoms in total. The predicted octanol–water partition coefficient (Wildman–Crippen LogP) is 1.61. The second kappa shape index (κ2) is 4.45. The van der Waals surface area contributed by atoms with E-state index in [0.717, 1.165) is 11.4 Å². The number of aromatic nitrogens is 3. The van der Waals surface area contributed by atoms with Gasteiger partial charge >= 0.3 is 5.69 Å². The Labute approximate surface area is 109 Å². The van der Waals surface area contributed by atoms with E-state index in [4.69, 9.17) is 5.73 Å². The highest BCUT2D eigenvalue weighted by Crippen LogP contribution is 2.10. The molecule has 0 saturated carbocycles. The van der Waals surface area contributed by atoms with Crippen molar-refractivity contribution < 1.29 is 0 Å². The van der Waals surface area contributed by atoms with E-state index in [0.29, 0.717) is 5.69 Å². The van der Waals surface area contributed by atoms with Crippen LogP contribution < -0.4 is 11.4 Å². The molecule has 0 radical (unpaired) electrons. The monoisotopic (exact) mass is 252 g/mol. The Bertz CT molecular complexity index is 741. The van der Waals surface area contributed by atoms with Gasteiger partial charge in [-0.25, -0.2) is 4.79 Å². The first kappa shape index (κ1) is 11.3. The fraction of sp³-hybridized carbons (Fsp3) is 0. The zero-order valence-corrected chi connectivity index (χ0v) is 10.1. The Morgan fingerprint density at radius 1 is 0.947 bits per heavy atom. The van der Waals surface area contributed by atoms with E-state index >= 15 is 0 Å². The van der Waals surface area contributed by atoms with Crippen LogP contribution in [0.2, 0.25) is 0 Å². The molecule has 3 rings (SSSR count). The minimum Gasteiger partial charge on any atom is -0.399 e. The third-order valence-corrected chi connectivity index (χ3v) is 2.87. The maximum Gasteiger partial charge on any atom is 0.337 e. The number of pyridine rings is 1. The van der Waals surface area contributed by atoms with E-state index in [1.54, 1.807) is 52.1 Å².